The van der Waals surface area contributed by atoms with Gasteiger partial charge in [-0.05, 0) is 19.8 Å². The molecule has 6 nitrogen and oxygen atoms in total. The number of halogens is 1. The molecular weight excluding hydrogens is 268 g/mol. The summed E-state index contributed by atoms with van der Waals surface area (Å²) in [6.07, 6.45) is 6.94. The van der Waals surface area contributed by atoms with Crippen molar-refractivity contribution in [2.24, 2.45) is 0 Å². The van der Waals surface area contributed by atoms with E-state index in [0.29, 0.717) is 18.4 Å². The summed E-state index contributed by atoms with van der Waals surface area (Å²) >= 11 is 5.84. The second-order valence-electron chi connectivity index (χ2n) is 4.67. The summed E-state index contributed by atoms with van der Waals surface area (Å²) in [6, 6.07) is 0.309. The summed E-state index contributed by atoms with van der Waals surface area (Å²) < 4.78 is 0. The Bertz CT molecular complexity index is 463. The van der Waals surface area contributed by atoms with E-state index in [-0.39, 0.29) is 10.8 Å². The standard InChI is InChI=1S/C12H17ClN4O2/c1-2-16(9-6-4-3-5-7-9)12-10(17(18)19)11(13)14-8-15-12/h8-9H,2-7H2,1H3. The molecular formula is C12H17ClN4O2. The molecule has 7 heteroatoms. The zero-order valence-corrected chi connectivity index (χ0v) is 11.6. The maximum atomic E-state index is 11.2. The van der Waals surface area contributed by atoms with Crippen LogP contribution < -0.4 is 4.90 Å². The van der Waals surface area contributed by atoms with Crippen LogP contribution in [0.3, 0.4) is 0 Å². The number of rotatable bonds is 4. The molecule has 0 amide bonds. The minimum atomic E-state index is -0.497. The fourth-order valence-corrected chi connectivity index (χ4v) is 2.89. The average Bonchev–Trinajstić information content (AvgIpc) is 2.40. The summed E-state index contributed by atoms with van der Waals surface area (Å²) in [4.78, 5) is 20.5. The Morgan fingerprint density at radius 1 is 1.42 bits per heavy atom. The topological polar surface area (TPSA) is 72.2 Å². The SMILES string of the molecule is CCN(c1ncnc(Cl)c1[N+](=O)[O-])C1CCCCC1. The summed E-state index contributed by atoms with van der Waals surface area (Å²) in [5.41, 5.74) is -0.184. The summed E-state index contributed by atoms with van der Waals surface area (Å²) in [6.45, 7) is 2.66. The molecule has 1 heterocycles. The lowest BCUT2D eigenvalue weighted by atomic mass is 9.94. The fourth-order valence-electron chi connectivity index (χ4n) is 2.69. The molecule has 0 N–H and O–H groups in total. The van der Waals surface area contributed by atoms with Crippen LogP contribution in [-0.4, -0.2) is 27.5 Å². The molecule has 1 aromatic rings. The number of nitro groups is 1. The fraction of sp³-hybridized carbons (Fsp3) is 0.667. The van der Waals surface area contributed by atoms with Crippen molar-refractivity contribution in [3.05, 3.63) is 21.6 Å². The van der Waals surface area contributed by atoms with Crippen molar-refractivity contribution in [1.29, 1.82) is 0 Å². The molecule has 104 valence electrons. The largest absolute Gasteiger partial charge is 0.348 e. The number of nitrogens with zero attached hydrogens (tertiary/aromatic N) is 4. The van der Waals surface area contributed by atoms with E-state index in [1.54, 1.807) is 0 Å². The van der Waals surface area contributed by atoms with Crippen molar-refractivity contribution in [3.63, 3.8) is 0 Å². The first-order chi connectivity index (χ1) is 9.15. The monoisotopic (exact) mass is 284 g/mol. The maximum Gasteiger partial charge on any atom is 0.348 e. The molecule has 1 aliphatic rings. The van der Waals surface area contributed by atoms with Crippen molar-refractivity contribution in [1.82, 2.24) is 9.97 Å². The zero-order valence-electron chi connectivity index (χ0n) is 10.9. The van der Waals surface area contributed by atoms with Crippen LogP contribution in [0.15, 0.2) is 6.33 Å². The molecule has 0 bridgehead atoms. The molecule has 1 saturated carbocycles. The Morgan fingerprint density at radius 3 is 2.68 bits per heavy atom. The first-order valence-corrected chi connectivity index (χ1v) is 6.94. The molecule has 1 aromatic heterocycles. The summed E-state index contributed by atoms with van der Waals surface area (Å²) in [5.74, 6) is 0.347. The first kappa shape index (κ1) is 14.0. The van der Waals surface area contributed by atoms with Gasteiger partial charge < -0.3 is 4.90 Å². The Labute approximate surface area is 117 Å². The Hall–Kier alpha value is -1.43. The van der Waals surface area contributed by atoms with Gasteiger partial charge in [0.25, 0.3) is 0 Å². The van der Waals surface area contributed by atoms with Gasteiger partial charge in [-0.3, -0.25) is 10.1 Å². The van der Waals surface area contributed by atoms with Crippen LogP contribution in [-0.2, 0) is 0 Å². The second kappa shape index (κ2) is 6.14. The normalized spacial score (nSPS) is 16.3. The van der Waals surface area contributed by atoms with Gasteiger partial charge >= 0.3 is 5.69 Å². The quantitative estimate of drug-likeness (QED) is 0.482. The highest BCUT2D eigenvalue weighted by Gasteiger charge is 2.30. The molecule has 0 unspecified atom stereocenters. The molecule has 0 aromatic carbocycles. The molecule has 0 radical (unpaired) electrons. The van der Waals surface area contributed by atoms with E-state index in [1.807, 2.05) is 11.8 Å². The average molecular weight is 285 g/mol. The minimum absolute atomic E-state index is 0.0933. The van der Waals surface area contributed by atoms with E-state index in [2.05, 4.69) is 9.97 Å². The van der Waals surface area contributed by atoms with Crippen molar-refractivity contribution in [2.75, 3.05) is 11.4 Å². The molecule has 0 spiro atoms. The van der Waals surface area contributed by atoms with Gasteiger partial charge in [-0.1, -0.05) is 30.9 Å². The van der Waals surface area contributed by atoms with Crippen LogP contribution in [0, 0.1) is 10.1 Å². The summed E-state index contributed by atoms with van der Waals surface area (Å²) in [5, 5.41) is 11.1. The van der Waals surface area contributed by atoms with Crippen LogP contribution in [0.4, 0.5) is 11.5 Å². The minimum Gasteiger partial charge on any atom is -0.348 e. The third-order valence-corrected chi connectivity index (χ3v) is 3.85. The number of hydrogen-bond donors (Lipinski definition) is 0. The van der Waals surface area contributed by atoms with Crippen molar-refractivity contribution in [3.8, 4) is 0 Å². The van der Waals surface area contributed by atoms with Gasteiger partial charge in [0.15, 0.2) is 0 Å². The van der Waals surface area contributed by atoms with E-state index < -0.39 is 4.92 Å². The molecule has 19 heavy (non-hydrogen) atoms. The molecule has 2 rings (SSSR count). The highest BCUT2D eigenvalue weighted by atomic mass is 35.5. The van der Waals surface area contributed by atoms with Gasteiger partial charge in [-0.15, -0.1) is 0 Å². The van der Waals surface area contributed by atoms with Crippen molar-refractivity contribution >= 4 is 23.1 Å². The molecule has 0 aliphatic heterocycles. The van der Waals surface area contributed by atoms with E-state index in [9.17, 15) is 10.1 Å². The third-order valence-electron chi connectivity index (χ3n) is 3.57. The molecule has 0 saturated heterocycles. The van der Waals surface area contributed by atoms with Gasteiger partial charge in [0, 0.05) is 12.6 Å². The number of hydrogen-bond acceptors (Lipinski definition) is 5. The lowest BCUT2D eigenvalue weighted by Gasteiger charge is -2.33. The predicted octanol–water partition coefficient (Wildman–Crippen LogP) is 3.20. The van der Waals surface area contributed by atoms with E-state index >= 15 is 0 Å². The van der Waals surface area contributed by atoms with Crippen molar-refractivity contribution in [2.45, 2.75) is 45.1 Å². The van der Waals surface area contributed by atoms with Gasteiger partial charge in [-0.2, -0.15) is 0 Å². The molecule has 0 atom stereocenters. The van der Waals surface area contributed by atoms with Crippen molar-refractivity contribution < 1.29 is 4.92 Å². The smallest absolute Gasteiger partial charge is 0.348 e. The third kappa shape index (κ3) is 2.94. The summed E-state index contributed by atoms with van der Waals surface area (Å²) in [7, 11) is 0. The van der Waals surface area contributed by atoms with E-state index in [0.717, 1.165) is 25.7 Å². The van der Waals surface area contributed by atoms with Crippen LogP contribution in [0.5, 0.6) is 0 Å². The molecule has 1 fully saturated rings. The number of anilines is 1. The predicted molar refractivity (Wildman–Crippen MR) is 73.6 cm³/mol. The highest BCUT2D eigenvalue weighted by molar-refractivity contribution is 6.31. The van der Waals surface area contributed by atoms with E-state index in [1.165, 1.54) is 12.7 Å². The van der Waals surface area contributed by atoms with Crippen LogP contribution in [0.25, 0.3) is 0 Å². The van der Waals surface area contributed by atoms with Crippen LogP contribution in [0.1, 0.15) is 39.0 Å². The second-order valence-corrected chi connectivity index (χ2v) is 5.03. The van der Waals surface area contributed by atoms with Crippen LogP contribution >= 0.6 is 11.6 Å². The molecule has 1 aliphatic carbocycles. The maximum absolute atomic E-state index is 11.2. The highest BCUT2D eigenvalue weighted by Crippen LogP contribution is 2.34. The lowest BCUT2D eigenvalue weighted by molar-refractivity contribution is -0.384. The van der Waals surface area contributed by atoms with Gasteiger partial charge in [-0.25, -0.2) is 9.97 Å². The Morgan fingerprint density at radius 2 is 2.11 bits per heavy atom. The zero-order chi connectivity index (χ0) is 13.8. The van der Waals surface area contributed by atoms with Gasteiger partial charge in [0.05, 0.1) is 4.92 Å². The number of aromatic nitrogens is 2. The van der Waals surface area contributed by atoms with Gasteiger partial charge in [0.2, 0.25) is 11.0 Å². The Balaban J connectivity index is 2.37. The van der Waals surface area contributed by atoms with Gasteiger partial charge in [0.1, 0.15) is 6.33 Å². The lowest BCUT2D eigenvalue weighted by Crippen LogP contribution is -2.37. The first-order valence-electron chi connectivity index (χ1n) is 6.56. The Kier molecular flexibility index (Phi) is 4.52. The van der Waals surface area contributed by atoms with Crippen LogP contribution in [0.2, 0.25) is 5.15 Å². The van der Waals surface area contributed by atoms with E-state index in [4.69, 9.17) is 11.6 Å².